The number of halogens is 2. The van der Waals surface area contributed by atoms with E-state index < -0.39 is 17.8 Å². The monoisotopic (exact) mass is 567 g/mol. The van der Waals surface area contributed by atoms with Crippen LogP contribution in [0.1, 0.15) is 16.7 Å². The summed E-state index contributed by atoms with van der Waals surface area (Å²) in [5, 5.41) is 5.35. The Kier molecular flexibility index (Phi) is 8.23. The number of ether oxygens (including phenoxy) is 2. The molecule has 1 fully saturated rings. The van der Waals surface area contributed by atoms with Crippen LogP contribution in [-0.4, -0.2) is 37.5 Å². The third-order valence-electron chi connectivity index (χ3n) is 5.79. The highest BCUT2D eigenvalue weighted by Gasteiger charge is 2.37. The Hall–Kier alpha value is -4.34. The molecule has 200 valence electrons. The van der Waals surface area contributed by atoms with Crippen LogP contribution in [0.3, 0.4) is 0 Å². The van der Waals surface area contributed by atoms with Gasteiger partial charge in [-0.25, -0.2) is 9.69 Å². The number of barbiturate groups is 1. The Morgan fingerprint density at radius 3 is 2.46 bits per heavy atom. The molecule has 0 aromatic heterocycles. The van der Waals surface area contributed by atoms with E-state index in [2.05, 4.69) is 10.6 Å². The summed E-state index contributed by atoms with van der Waals surface area (Å²) in [7, 11) is 1.42. The van der Waals surface area contributed by atoms with Crippen molar-refractivity contribution in [1.82, 2.24) is 5.32 Å². The van der Waals surface area contributed by atoms with Gasteiger partial charge in [-0.15, -0.1) is 0 Å². The summed E-state index contributed by atoms with van der Waals surface area (Å²) in [6.45, 7) is 3.55. The van der Waals surface area contributed by atoms with Crippen molar-refractivity contribution in [2.75, 3.05) is 23.9 Å². The molecule has 0 unspecified atom stereocenters. The molecule has 3 aromatic carbocycles. The molecule has 0 atom stereocenters. The number of carbonyl (C=O) groups excluding carboxylic acids is 4. The van der Waals surface area contributed by atoms with Gasteiger partial charge in [0, 0.05) is 5.69 Å². The minimum atomic E-state index is -0.916. The fourth-order valence-electron chi connectivity index (χ4n) is 3.78. The Bertz CT molecular complexity index is 1540. The predicted octanol–water partition coefficient (Wildman–Crippen LogP) is 5.30. The minimum absolute atomic E-state index is 0.139. The first-order valence-electron chi connectivity index (χ1n) is 11.6. The van der Waals surface area contributed by atoms with Crippen LogP contribution in [0.2, 0.25) is 10.0 Å². The van der Waals surface area contributed by atoms with Gasteiger partial charge in [0.2, 0.25) is 0 Å². The quantitative estimate of drug-likeness (QED) is 0.295. The lowest BCUT2D eigenvalue weighted by Crippen LogP contribution is -2.54. The van der Waals surface area contributed by atoms with Gasteiger partial charge in [0.15, 0.2) is 18.1 Å². The molecule has 1 aliphatic heterocycles. The van der Waals surface area contributed by atoms with Crippen molar-refractivity contribution < 1.29 is 28.7 Å². The van der Waals surface area contributed by atoms with Crippen LogP contribution in [0.25, 0.3) is 6.08 Å². The molecule has 0 spiro atoms. The van der Waals surface area contributed by atoms with E-state index in [1.807, 2.05) is 32.0 Å². The molecule has 2 N–H and O–H groups in total. The van der Waals surface area contributed by atoms with Gasteiger partial charge in [-0.3, -0.25) is 19.7 Å². The number of hydrogen-bond acceptors (Lipinski definition) is 6. The first kappa shape index (κ1) is 27.7. The van der Waals surface area contributed by atoms with Gasteiger partial charge in [-0.05, 0) is 73.0 Å². The number of carbonyl (C=O) groups is 4. The number of methoxy groups -OCH3 is 1. The molecule has 0 saturated carbocycles. The number of benzene rings is 3. The molecule has 4 rings (SSSR count). The summed E-state index contributed by atoms with van der Waals surface area (Å²) in [4.78, 5) is 51.3. The molecular formula is C28H23Cl2N3O6. The van der Waals surface area contributed by atoms with E-state index in [-0.39, 0.29) is 45.3 Å². The second kappa shape index (κ2) is 11.6. The zero-order valence-corrected chi connectivity index (χ0v) is 22.6. The summed E-state index contributed by atoms with van der Waals surface area (Å²) in [5.41, 5.74) is 2.90. The molecule has 39 heavy (non-hydrogen) atoms. The molecule has 3 aromatic rings. The highest BCUT2D eigenvalue weighted by molar-refractivity contribution is 6.43. The average Bonchev–Trinajstić information content (AvgIpc) is 2.89. The summed E-state index contributed by atoms with van der Waals surface area (Å²) < 4.78 is 11.0. The number of aryl methyl sites for hydroxylation is 2. The molecule has 1 aliphatic rings. The first-order chi connectivity index (χ1) is 18.6. The number of nitrogens with one attached hydrogen (secondary N) is 2. The Morgan fingerprint density at radius 1 is 0.974 bits per heavy atom. The van der Waals surface area contributed by atoms with Crippen molar-refractivity contribution in [3.8, 4) is 11.5 Å². The molecular weight excluding hydrogens is 545 g/mol. The molecule has 0 radical (unpaired) electrons. The number of anilines is 2. The van der Waals surface area contributed by atoms with Gasteiger partial charge in [-0.2, -0.15) is 0 Å². The summed E-state index contributed by atoms with van der Waals surface area (Å²) in [6, 6.07) is 13.7. The topological polar surface area (TPSA) is 114 Å². The van der Waals surface area contributed by atoms with Crippen molar-refractivity contribution in [3.63, 3.8) is 0 Å². The zero-order valence-electron chi connectivity index (χ0n) is 21.1. The molecule has 1 saturated heterocycles. The van der Waals surface area contributed by atoms with Crippen LogP contribution in [0, 0.1) is 13.8 Å². The van der Waals surface area contributed by atoms with E-state index >= 15 is 0 Å². The third-order valence-corrected chi connectivity index (χ3v) is 6.53. The Morgan fingerprint density at radius 2 is 1.74 bits per heavy atom. The van der Waals surface area contributed by atoms with Crippen LogP contribution in [0.15, 0.2) is 60.2 Å². The van der Waals surface area contributed by atoms with Gasteiger partial charge in [0.05, 0.1) is 22.8 Å². The van der Waals surface area contributed by atoms with E-state index in [4.69, 9.17) is 32.7 Å². The van der Waals surface area contributed by atoms with Crippen molar-refractivity contribution in [2.24, 2.45) is 0 Å². The molecule has 0 bridgehead atoms. The fourth-order valence-corrected chi connectivity index (χ4v) is 4.07. The summed E-state index contributed by atoms with van der Waals surface area (Å²) in [6.07, 6.45) is 1.31. The van der Waals surface area contributed by atoms with E-state index in [0.29, 0.717) is 11.3 Å². The molecule has 1 heterocycles. The summed E-state index contributed by atoms with van der Waals surface area (Å²) in [5.74, 6) is -1.51. The third kappa shape index (κ3) is 6.22. The van der Waals surface area contributed by atoms with Crippen LogP contribution in [0.4, 0.5) is 16.2 Å². The van der Waals surface area contributed by atoms with Crippen LogP contribution >= 0.6 is 23.2 Å². The largest absolute Gasteiger partial charge is 0.493 e. The minimum Gasteiger partial charge on any atom is -0.493 e. The molecule has 9 nitrogen and oxygen atoms in total. The SMILES string of the molecule is COc1cc(/C=C2/C(=O)NC(=O)N(c3ccc(Cl)c(Cl)c3)C2=O)ccc1OCC(=O)Nc1cc(C)ccc1C. The average molecular weight is 568 g/mol. The molecule has 11 heteroatoms. The summed E-state index contributed by atoms with van der Waals surface area (Å²) >= 11 is 12.0. The van der Waals surface area contributed by atoms with Crippen molar-refractivity contribution in [3.05, 3.63) is 86.9 Å². The van der Waals surface area contributed by atoms with E-state index in [1.54, 1.807) is 12.1 Å². The van der Waals surface area contributed by atoms with E-state index in [0.717, 1.165) is 16.0 Å². The van der Waals surface area contributed by atoms with Gasteiger partial charge in [0.25, 0.3) is 17.7 Å². The smallest absolute Gasteiger partial charge is 0.335 e. The van der Waals surface area contributed by atoms with Crippen LogP contribution < -0.4 is 25.0 Å². The molecule has 0 aliphatic carbocycles. The van der Waals surface area contributed by atoms with Gasteiger partial charge in [-0.1, -0.05) is 41.4 Å². The van der Waals surface area contributed by atoms with Crippen LogP contribution in [0.5, 0.6) is 11.5 Å². The highest BCUT2D eigenvalue weighted by Crippen LogP contribution is 2.31. The number of imide groups is 2. The second-order valence-electron chi connectivity index (χ2n) is 8.62. The van der Waals surface area contributed by atoms with Crippen LogP contribution in [-0.2, 0) is 14.4 Å². The molecule has 5 amide bonds. The Labute approximate surface area is 234 Å². The second-order valence-corrected chi connectivity index (χ2v) is 9.44. The zero-order chi connectivity index (χ0) is 28.3. The van der Waals surface area contributed by atoms with E-state index in [1.165, 1.54) is 37.5 Å². The maximum Gasteiger partial charge on any atom is 0.335 e. The standard InChI is InChI=1S/C28H23Cl2N3O6/c1-15-4-5-16(2)22(10-15)31-25(34)14-39-23-9-6-17(12-24(23)38-3)11-19-26(35)32-28(37)33(27(19)36)18-7-8-20(29)21(30)13-18/h4-13H,14H2,1-3H3,(H,31,34)(H,32,35,37)/b19-11-. The van der Waals surface area contributed by atoms with Crippen molar-refractivity contribution >= 4 is 64.4 Å². The fraction of sp³-hybridized carbons (Fsp3) is 0.143. The van der Waals surface area contributed by atoms with Gasteiger partial charge >= 0.3 is 6.03 Å². The lowest BCUT2D eigenvalue weighted by atomic mass is 10.1. The van der Waals surface area contributed by atoms with E-state index in [9.17, 15) is 19.2 Å². The number of nitrogens with zero attached hydrogens (tertiary/aromatic N) is 1. The van der Waals surface area contributed by atoms with Gasteiger partial charge < -0.3 is 14.8 Å². The normalized spacial score (nSPS) is 14.3. The maximum absolute atomic E-state index is 13.1. The Balaban J connectivity index is 1.52. The lowest BCUT2D eigenvalue weighted by Gasteiger charge is -2.26. The van der Waals surface area contributed by atoms with Crippen molar-refractivity contribution in [1.29, 1.82) is 0 Å². The van der Waals surface area contributed by atoms with Gasteiger partial charge in [0.1, 0.15) is 5.57 Å². The number of urea groups is 1. The number of amides is 5. The van der Waals surface area contributed by atoms with Crippen molar-refractivity contribution in [2.45, 2.75) is 13.8 Å². The number of rotatable bonds is 7. The lowest BCUT2D eigenvalue weighted by molar-refractivity contribution is -0.122. The highest BCUT2D eigenvalue weighted by atomic mass is 35.5. The number of hydrogen-bond donors (Lipinski definition) is 2. The predicted molar refractivity (Wildman–Crippen MR) is 148 cm³/mol. The first-order valence-corrected chi connectivity index (χ1v) is 12.4. The maximum atomic E-state index is 13.1.